The van der Waals surface area contributed by atoms with Crippen LogP contribution in [-0.2, 0) is 18.9 Å². The van der Waals surface area contributed by atoms with Crippen molar-refractivity contribution in [2.45, 2.75) is 146 Å². The van der Waals surface area contributed by atoms with E-state index in [4.69, 9.17) is 18.9 Å². The highest BCUT2D eigenvalue weighted by Crippen LogP contribution is 2.30. The van der Waals surface area contributed by atoms with Crippen molar-refractivity contribution in [2.24, 2.45) is 0 Å². The largest absolute Gasteiger partial charge is 0.394 e. The van der Waals surface area contributed by atoms with E-state index in [1.165, 1.54) is 32.1 Å². The third kappa shape index (κ3) is 8.81. The lowest BCUT2D eigenvalue weighted by Gasteiger charge is -2.46. The van der Waals surface area contributed by atoms with Crippen LogP contribution in [0.5, 0.6) is 0 Å². The summed E-state index contributed by atoms with van der Waals surface area (Å²) in [7, 11) is 0. The second kappa shape index (κ2) is 16.5. The van der Waals surface area contributed by atoms with Crippen LogP contribution in [0.15, 0.2) is 0 Å². The Morgan fingerprint density at radius 3 is 1.81 bits per heavy atom. The molecule has 2 aliphatic rings. The molecule has 0 aromatic rings. The summed E-state index contributed by atoms with van der Waals surface area (Å²) in [5.41, 5.74) is 0. The molecule has 11 nitrogen and oxygen atoms in total. The van der Waals surface area contributed by atoms with Gasteiger partial charge < -0.3 is 54.7 Å². The minimum atomic E-state index is -1.70. The second-order valence-corrected chi connectivity index (χ2v) is 9.96. The number of hydrogen-bond acceptors (Lipinski definition) is 11. The first-order chi connectivity index (χ1) is 17.3. The van der Waals surface area contributed by atoms with Crippen LogP contribution in [0.4, 0.5) is 0 Å². The lowest BCUT2D eigenvalue weighted by molar-refractivity contribution is -0.363. The zero-order chi connectivity index (χ0) is 26.7. The van der Waals surface area contributed by atoms with Crippen LogP contribution in [0.2, 0.25) is 0 Å². The van der Waals surface area contributed by atoms with Crippen molar-refractivity contribution in [2.75, 3.05) is 13.2 Å². The molecule has 2 fully saturated rings. The number of aliphatic hydroxyl groups excluding tert-OH is 7. The molecule has 0 aromatic heterocycles. The molecule has 0 spiro atoms. The van der Waals surface area contributed by atoms with Gasteiger partial charge in [0, 0.05) is 0 Å². The lowest BCUT2D eigenvalue weighted by atomic mass is 9.97. The summed E-state index contributed by atoms with van der Waals surface area (Å²) < 4.78 is 22.7. The molecule has 0 saturated carbocycles. The zero-order valence-electron chi connectivity index (χ0n) is 21.6. The lowest BCUT2D eigenvalue weighted by Crippen LogP contribution is -2.64. The van der Waals surface area contributed by atoms with Crippen molar-refractivity contribution >= 4 is 0 Å². The Morgan fingerprint density at radius 2 is 1.19 bits per heavy atom. The summed E-state index contributed by atoms with van der Waals surface area (Å²) in [4.78, 5) is 0. The van der Waals surface area contributed by atoms with E-state index >= 15 is 0 Å². The van der Waals surface area contributed by atoms with E-state index < -0.39 is 74.6 Å². The first-order valence-electron chi connectivity index (χ1n) is 13.5. The maximum atomic E-state index is 10.8. The van der Waals surface area contributed by atoms with Crippen molar-refractivity contribution in [3.8, 4) is 0 Å². The number of aliphatic hydroxyl groups is 7. The maximum Gasteiger partial charge on any atom is 0.187 e. The van der Waals surface area contributed by atoms with Gasteiger partial charge in [-0.05, 0) is 12.8 Å². The molecule has 0 amide bonds. The molecule has 11 atom stereocenters. The van der Waals surface area contributed by atoms with E-state index in [9.17, 15) is 35.7 Å². The van der Waals surface area contributed by atoms with Crippen LogP contribution in [0, 0.1) is 0 Å². The molecule has 1 unspecified atom stereocenters. The van der Waals surface area contributed by atoms with Crippen molar-refractivity contribution in [1.82, 2.24) is 0 Å². The molecule has 2 heterocycles. The van der Waals surface area contributed by atoms with Crippen LogP contribution >= 0.6 is 0 Å². The number of hydrogen-bond donors (Lipinski definition) is 7. The Morgan fingerprint density at radius 1 is 0.611 bits per heavy atom. The molecular formula is C25H48O11. The van der Waals surface area contributed by atoms with E-state index in [1.807, 2.05) is 6.92 Å². The molecule has 2 saturated heterocycles. The summed E-state index contributed by atoms with van der Waals surface area (Å²) in [6, 6.07) is 0. The highest BCUT2D eigenvalue weighted by Gasteiger charge is 2.51. The highest BCUT2D eigenvalue weighted by atomic mass is 16.7. The first-order valence-corrected chi connectivity index (χ1v) is 13.5. The van der Waals surface area contributed by atoms with Gasteiger partial charge in [-0.3, -0.25) is 0 Å². The van der Waals surface area contributed by atoms with E-state index in [0.29, 0.717) is 0 Å². The van der Waals surface area contributed by atoms with Gasteiger partial charge in [0.2, 0.25) is 0 Å². The van der Waals surface area contributed by atoms with Gasteiger partial charge in [0.1, 0.15) is 48.8 Å². The monoisotopic (exact) mass is 524 g/mol. The maximum absolute atomic E-state index is 10.8. The van der Waals surface area contributed by atoms with Crippen LogP contribution in [0.1, 0.15) is 78.1 Å². The van der Waals surface area contributed by atoms with Gasteiger partial charge in [-0.15, -0.1) is 0 Å². The summed E-state index contributed by atoms with van der Waals surface area (Å²) >= 11 is 0. The van der Waals surface area contributed by atoms with Gasteiger partial charge in [-0.1, -0.05) is 65.2 Å². The average Bonchev–Trinajstić information content (AvgIpc) is 2.87. The Kier molecular flexibility index (Phi) is 14.6. The number of rotatable bonds is 16. The molecule has 0 bridgehead atoms. The van der Waals surface area contributed by atoms with Gasteiger partial charge in [-0.2, -0.15) is 0 Å². The van der Waals surface area contributed by atoms with Gasteiger partial charge in [0.25, 0.3) is 0 Å². The fourth-order valence-corrected chi connectivity index (χ4v) is 4.79. The Balaban J connectivity index is 1.94. The quantitative estimate of drug-likeness (QED) is 0.134. The normalized spacial score (nSPS) is 38.2. The van der Waals surface area contributed by atoms with Crippen molar-refractivity contribution in [3.05, 3.63) is 0 Å². The second-order valence-electron chi connectivity index (χ2n) is 9.96. The minimum Gasteiger partial charge on any atom is -0.394 e. The van der Waals surface area contributed by atoms with Crippen LogP contribution in [-0.4, -0.2) is 116 Å². The predicted molar refractivity (Wildman–Crippen MR) is 129 cm³/mol. The van der Waals surface area contributed by atoms with Gasteiger partial charge in [0.05, 0.1) is 19.3 Å². The standard InChI is InChI=1S/C25H48O11/c1-3-5-6-7-8-9-10-12-15(11-4-2)33-24-22(32)20(30)23(17(14-27)35-24)36-25-21(31)19(29)18(28)16(13-26)34-25/h15-32H,3-14H2,1-2H3/t15?,16-,17-,18-,19+,20-,21-,22-,23-,24-,25-/m1/s1. The van der Waals surface area contributed by atoms with E-state index in [-0.39, 0.29) is 6.10 Å². The fraction of sp³-hybridized carbons (Fsp3) is 1.00. The number of unbranched alkanes of at least 4 members (excludes halogenated alkanes) is 6. The molecule has 0 radical (unpaired) electrons. The van der Waals surface area contributed by atoms with Crippen LogP contribution in [0.25, 0.3) is 0 Å². The van der Waals surface area contributed by atoms with E-state index in [2.05, 4.69) is 6.92 Å². The Labute approximate surface area is 214 Å². The third-order valence-corrected chi connectivity index (χ3v) is 7.03. The molecule has 2 rings (SSSR count). The Hall–Kier alpha value is -0.440. The van der Waals surface area contributed by atoms with Crippen molar-refractivity contribution in [1.29, 1.82) is 0 Å². The Bertz CT molecular complexity index is 578. The van der Waals surface area contributed by atoms with Gasteiger partial charge in [0.15, 0.2) is 12.6 Å². The molecule has 214 valence electrons. The minimum absolute atomic E-state index is 0.181. The average molecular weight is 525 g/mol. The molecule has 36 heavy (non-hydrogen) atoms. The molecule has 0 aliphatic carbocycles. The molecule has 0 aromatic carbocycles. The summed E-state index contributed by atoms with van der Waals surface area (Å²) in [6.45, 7) is 3.00. The van der Waals surface area contributed by atoms with Crippen molar-refractivity contribution < 1.29 is 54.7 Å². The van der Waals surface area contributed by atoms with Gasteiger partial charge >= 0.3 is 0 Å². The predicted octanol–water partition coefficient (Wildman–Crippen LogP) is -0.0635. The summed E-state index contributed by atoms with van der Waals surface area (Å²) in [5, 5.41) is 70.9. The molecular weight excluding hydrogens is 476 g/mol. The van der Waals surface area contributed by atoms with E-state index in [1.54, 1.807) is 0 Å². The van der Waals surface area contributed by atoms with E-state index in [0.717, 1.165) is 32.1 Å². The van der Waals surface area contributed by atoms with Crippen LogP contribution in [0.3, 0.4) is 0 Å². The first kappa shape index (κ1) is 31.8. The topological polar surface area (TPSA) is 179 Å². The fourth-order valence-electron chi connectivity index (χ4n) is 4.79. The third-order valence-electron chi connectivity index (χ3n) is 7.03. The van der Waals surface area contributed by atoms with Crippen molar-refractivity contribution in [3.63, 3.8) is 0 Å². The van der Waals surface area contributed by atoms with Crippen LogP contribution < -0.4 is 0 Å². The SMILES string of the molecule is CCCCCCCCCC(CCC)O[C@@H]1O[C@H](CO)[C@@H](O[C@H]2O[C@H](CO)[C@@H](O)[C@H](O)[C@H]2O)[C@H](O)[C@H]1O. The molecule has 7 N–H and O–H groups in total. The highest BCUT2D eigenvalue weighted by molar-refractivity contribution is 4.94. The molecule has 11 heteroatoms. The number of ether oxygens (including phenoxy) is 4. The van der Waals surface area contributed by atoms with Gasteiger partial charge in [-0.25, -0.2) is 0 Å². The zero-order valence-corrected chi connectivity index (χ0v) is 21.6. The smallest absolute Gasteiger partial charge is 0.187 e. The summed E-state index contributed by atoms with van der Waals surface area (Å²) in [5.74, 6) is 0. The summed E-state index contributed by atoms with van der Waals surface area (Å²) in [6.07, 6.45) is -3.97. The molecule has 2 aliphatic heterocycles.